The fraction of sp³-hybridized carbons (Fsp3) is 0.647. The van der Waals surface area contributed by atoms with Gasteiger partial charge in [-0.3, -0.25) is 0 Å². The first-order valence-electron chi connectivity index (χ1n) is 7.54. The summed E-state index contributed by atoms with van der Waals surface area (Å²) >= 11 is 3.59. The van der Waals surface area contributed by atoms with E-state index in [1.54, 1.807) is 0 Å². The lowest BCUT2D eigenvalue weighted by atomic mass is 10.2. The Morgan fingerprint density at radius 3 is 2.52 bits per heavy atom. The zero-order valence-electron chi connectivity index (χ0n) is 13.8. The van der Waals surface area contributed by atoms with E-state index in [9.17, 15) is 0 Å². The van der Waals surface area contributed by atoms with Gasteiger partial charge in [-0.25, -0.2) is 0 Å². The molecule has 0 amide bonds. The van der Waals surface area contributed by atoms with E-state index in [4.69, 9.17) is 9.47 Å². The van der Waals surface area contributed by atoms with Crippen LogP contribution in [0.4, 0.5) is 0 Å². The van der Waals surface area contributed by atoms with Crippen molar-refractivity contribution < 1.29 is 9.47 Å². The maximum atomic E-state index is 5.75. The Morgan fingerprint density at radius 1 is 1.19 bits per heavy atom. The Bertz CT molecular complexity index is 427. The lowest BCUT2D eigenvalue weighted by Gasteiger charge is -2.19. The highest BCUT2D eigenvalue weighted by Crippen LogP contribution is 2.22. The predicted molar refractivity (Wildman–Crippen MR) is 91.9 cm³/mol. The molecule has 0 spiro atoms. The summed E-state index contributed by atoms with van der Waals surface area (Å²) in [5.74, 6) is 1.54. The molecule has 1 N–H and O–H groups in total. The molecule has 0 aliphatic heterocycles. The second-order valence-electron chi connectivity index (χ2n) is 6.59. The number of halogens is 1. The van der Waals surface area contributed by atoms with Gasteiger partial charge >= 0.3 is 0 Å². The molecule has 21 heavy (non-hydrogen) atoms. The SMILES string of the molecule is CC(C)CNCc1cc(OCCOC(C)(C)C)ccc1Br. The van der Waals surface area contributed by atoms with Crippen LogP contribution in [-0.2, 0) is 11.3 Å². The van der Waals surface area contributed by atoms with Crippen LogP contribution >= 0.6 is 15.9 Å². The van der Waals surface area contributed by atoms with Gasteiger partial charge in [-0.1, -0.05) is 29.8 Å². The van der Waals surface area contributed by atoms with Gasteiger partial charge in [-0.15, -0.1) is 0 Å². The second-order valence-corrected chi connectivity index (χ2v) is 7.44. The molecule has 0 saturated carbocycles. The van der Waals surface area contributed by atoms with E-state index in [0.717, 1.165) is 23.3 Å². The van der Waals surface area contributed by atoms with Crippen LogP contribution in [0.3, 0.4) is 0 Å². The highest BCUT2D eigenvalue weighted by Gasteiger charge is 2.09. The summed E-state index contributed by atoms with van der Waals surface area (Å²) in [6.07, 6.45) is 0. The van der Waals surface area contributed by atoms with Crippen LogP contribution in [0.1, 0.15) is 40.2 Å². The maximum absolute atomic E-state index is 5.75. The van der Waals surface area contributed by atoms with Gasteiger partial charge < -0.3 is 14.8 Å². The number of hydrogen-bond donors (Lipinski definition) is 1. The van der Waals surface area contributed by atoms with Crippen molar-refractivity contribution in [2.75, 3.05) is 19.8 Å². The molecule has 3 nitrogen and oxygen atoms in total. The van der Waals surface area contributed by atoms with Gasteiger partial charge in [0.05, 0.1) is 12.2 Å². The largest absolute Gasteiger partial charge is 0.491 e. The van der Waals surface area contributed by atoms with Gasteiger partial charge in [0.1, 0.15) is 12.4 Å². The van der Waals surface area contributed by atoms with Crippen LogP contribution in [0.25, 0.3) is 0 Å². The fourth-order valence-corrected chi connectivity index (χ4v) is 2.17. The third kappa shape index (κ3) is 8.44. The molecule has 4 heteroatoms. The van der Waals surface area contributed by atoms with Crippen molar-refractivity contribution in [2.45, 2.75) is 46.8 Å². The zero-order valence-corrected chi connectivity index (χ0v) is 15.4. The summed E-state index contributed by atoms with van der Waals surface area (Å²) in [6, 6.07) is 6.09. The summed E-state index contributed by atoms with van der Waals surface area (Å²) < 4.78 is 12.5. The lowest BCUT2D eigenvalue weighted by Crippen LogP contribution is -2.22. The first kappa shape index (κ1) is 18.5. The Labute approximate surface area is 137 Å². The molecule has 0 aliphatic rings. The Hall–Kier alpha value is -0.580. The van der Waals surface area contributed by atoms with E-state index >= 15 is 0 Å². The van der Waals surface area contributed by atoms with Crippen molar-refractivity contribution in [2.24, 2.45) is 5.92 Å². The van der Waals surface area contributed by atoms with Gasteiger partial charge in [0.15, 0.2) is 0 Å². The highest BCUT2D eigenvalue weighted by molar-refractivity contribution is 9.10. The third-order valence-electron chi connectivity index (χ3n) is 2.77. The van der Waals surface area contributed by atoms with Gasteiger partial charge in [0.2, 0.25) is 0 Å². The molecule has 1 rings (SSSR count). The molecule has 0 atom stereocenters. The second kappa shape index (κ2) is 8.76. The first-order valence-corrected chi connectivity index (χ1v) is 8.33. The van der Waals surface area contributed by atoms with Crippen molar-refractivity contribution in [1.82, 2.24) is 5.32 Å². The average molecular weight is 358 g/mol. The van der Waals surface area contributed by atoms with Crippen molar-refractivity contribution in [3.63, 3.8) is 0 Å². The number of benzene rings is 1. The summed E-state index contributed by atoms with van der Waals surface area (Å²) in [7, 11) is 0. The van der Waals surface area contributed by atoms with Gasteiger partial charge in [0, 0.05) is 11.0 Å². The highest BCUT2D eigenvalue weighted by atomic mass is 79.9. The third-order valence-corrected chi connectivity index (χ3v) is 3.55. The van der Waals surface area contributed by atoms with E-state index in [-0.39, 0.29) is 5.60 Å². The zero-order chi connectivity index (χ0) is 15.9. The van der Waals surface area contributed by atoms with Gasteiger partial charge in [-0.2, -0.15) is 0 Å². The standard InChI is InChI=1S/C17H28BrNO2/c1-13(2)11-19-12-14-10-15(6-7-16(14)18)20-8-9-21-17(3,4)5/h6-7,10,13,19H,8-9,11-12H2,1-5H3. The van der Waals surface area contributed by atoms with Gasteiger partial charge in [0.25, 0.3) is 0 Å². The van der Waals surface area contributed by atoms with Crippen molar-refractivity contribution >= 4 is 15.9 Å². The van der Waals surface area contributed by atoms with Crippen LogP contribution < -0.4 is 10.1 Å². The minimum absolute atomic E-state index is 0.116. The number of rotatable bonds is 8. The average Bonchev–Trinajstić information content (AvgIpc) is 2.36. The van der Waals surface area contributed by atoms with E-state index in [2.05, 4.69) is 41.2 Å². The summed E-state index contributed by atoms with van der Waals surface area (Å²) in [6.45, 7) is 13.6. The molecule has 0 saturated heterocycles. The number of ether oxygens (including phenoxy) is 2. The predicted octanol–water partition coefficient (Wildman–Crippen LogP) is 4.39. The molecule has 0 heterocycles. The topological polar surface area (TPSA) is 30.5 Å². The van der Waals surface area contributed by atoms with Crippen LogP contribution in [0, 0.1) is 5.92 Å². The Kier molecular flexibility index (Phi) is 7.71. The molecular weight excluding hydrogens is 330 g/mol. The quantitative estimate of drug-likeness (QED) is 0.699. The molecule has 0 aromatic heterocycles. The van der Waals surface area contributed by atoms with E-state index < -0.39 is 0 Å². The molecule has 1 aromatic carbocycles. The molecular formula is C17H28BrNO2. The molecule has 0 fully saturated rings. The molecule has 0 unspecified atom stereocenters. The summed E-state index contributed by atoms with van der Waals surface area (Å²) in [4.78, 5) is 0. The monoisotopic (exact) mass is 357 g/mol. The van der Waals surface area contributed by atoms with Crippen molar-refractivity contribution in [3.8, 4) is 5.75 Å². The summed E-state index contributed by atoms with van der Waals surface area (Å²) in [5, 5.41) is 3.45. The van der Waals surface area contributed by atoms with Crippen LogP contribution in [-0.4, -0.2) is 25.4 Å². The minimum atomic E-state index is -0.116. The maximum Gasteiger partial charge on any atom is 0.119 e. The normalized spacial score (nSPS) is 12.0. The molecule has 0 bridgehead atoms. The first-order chi connectivity index (χ1) is 9.78. The van der Waals surface area contributed by atoms with Crippen molar-refractivity contribution in [1.29, 1.82) is 0 Å². The van der Waals surface area contributed by atoms with E-state index in [1.807, 2.05) is 32.9 Å². The summed E-state index contributed by atoms with van der Waals surface area (Å²) in [5.41, 5.74) is 1.10. The van der Waals surface area contributed by atoms with E-state index in [1.165, 1.54) is 5.56 Å². The smallest absolute Gasteiger partial charge is 0.119 e. The molecule has 0 aliphatic carbocycles. The molecule has 1 aromatic rings. The Morgan fingerprint density at radius 2 is 1.90 bits per heavy atom. The van der Waals surface area contributed by atoms with Crippen molar-refractivity contribution in [3.05, 3.63) is 28.2 Å². The van der Waals surface area contributed by atoms with E-state index in [0.29, 0.717) is 19.1 Å². The van der Waals surface area contributed by atoms with Crippen LogP contribution in [0.15, 0.2) is 22.7 Å². The Balaban J connectivity index is 2.45. The molecule has 120 valence electrons. The van der Waals surface area contributed by atoms with Crippen LogP contribution in [0.5, 0.6) is 5.75 Å². The van der Waals surface area contributed by atoms with Crippen LogP contribution in [0.2, 0.25) is 0 Å². The lowest BCUT2D eigenvalue weighted by molar-refractivity contribution is -0.0163. The number of hydrogen-bond acceptors (Lipinski definition) is 3. The number of nitrogens with one attached hydrogen (secondary N) is 1. The van der Waals surface area contributed by atoms with Gasteiger partial charge in [-0.05, 0) is 57.0 Å². The fourth-order valence-electron chi connectivity index (χ4n) is 1.78. The minimum Gasteiger partial charge on any atom is -0.491 e. The molecule has 0 radical (unpaired) electrons.